The van der Waals surface area contributed by atoms with Crippen molar-refractivity contribution in [1.29, 1.82) is 0 Å². The molecule has 0 atom stereocenters. The Balaban J connectivity index is 2.67. The maximum atomic E-state index is 12.5. The fourth-order valence-corrected chi connectivity index (χ4v) is 1.89. The number of esters is 2. The summed E-state index contributed by atoms with van der Waals surface area (Å²) in [6.07, 6.45) is -4.60. The van der Waals surface area contributed by atoms with Gasteiger partial charge in [0.05, 0.1) is 16.7 Å². The minimum absolute atomic E-state index is 0.162. The first-order chi connectivity index (χ1) is 7.30. The molecule has 7 heteroatoms. The van der Waals surface area contributed by atoms with Crippen molar-refractivity contribution in [3.63, 3.8) is 0 Å². The Labute approximate surface area is 95.3 Å². The average Bonchev–Trinajstić information content (AvgIpc) is 2.39. The van der Waals surface area contributed by atoms with Crippen LogP contribution in [0.5, 0.6) is 0 Å². The maximum Gasteiger partial charge on any atom is 0.417 e. The number of ether oxygens (including phenoxy) is 1. The molecule has 0 unspecified atom stereocenters. The molecule has 1 aliphatic rings. The van der Waals surface area contributed by atoms with E-state index in [9.17, 15) is 22.8 Å². The van der Waals surface area contributed by atoms with Crippen LogP contribution in [0.2, 0.25) is 0 Å². The van der Waals surface area contributed by atoms with Crippen molar-refractivity contribution in [3.8, 4) is 0 Å². The predicted molar refractivity (Wildman–Crippen MR) is 48.9 cm³/mol. The zero-order valence-electron chi connectivity index (χ0n) is 7.39. The van der Waals surface area contributed by atoms with Crippen molar-refractivity contribution >= 4 is 27.9 Å². The molecule has 1 aromatic rings. The van der Waals surface area contributed by atoms with Crippen molar-refractivity contribution in [2.45, 2.75) is 6.18 Å². The predicted octanol–water partition coefficient (Wildman–Crippen LogP) is 2.78. The van der Waals surface area contributed by atoms with Gasteiger partial charge in [-0.2, -0.15) is 13.2 Å². The first kappa shape index (κ1) is 11.1. The molecule has 1 heterocycles. The van der Waals surface area contributed by atoms with E-state index in [0.29, 0.717) is 6.07 Å². The van der Waals surface area contributed by atoms with E-state index in [-0.39, 0.29) is 15.6 Å². The van der Waals surface area contributed by atoms with Crippen molar-refractivity contribution in [1.82, 2.24) is 0 Å². The summed E-state index contributed by atoms with van der Waals surface area (Å²) in [5, 5.41) is 0. The van der Waals surface area contributed by atoms with Gasteiger partial charge in [0, 0.05) is 4.47 Å². The minimum Gasteiger partial charge on any atom is -0.386 e. The van der Waals surface area contributed by atoms with Crippen molar-refractivity contribution in [3.05, 3.63) is 33.3 Å². The Bertz CT molecular complexity index is 507. The zero-order valence-corrected chi connectivity index (χ0v) is 8.98. The Morgan fingerprint density at radius 2 is 1.56 bits per heavy atom. The summed E-state index contributed by atoms with van der Waals surface area (Å²) in [6, 6.07) is 1.54. The standard InChI is InChI=1S/C9H2BrF3O3/c10-6-2-4-3(7(14)16-8(4)15)1-5(6)9(11,12)13/h1-2H. The first-order valence-electron chi connectivity index (χ1n) is 3.98. The van der Waals surface area contributed by atoms with Crippen LogP contribution in [-0.2, 0) is 10.9 Å². The van der Waals surface area contributed by atoms with Crippen LogP contribution >= 0.6 is 15.9 Å². The van der Waals surface area contributed by atoms with E-state index in [1.165, 1.54) is 0 Å². The topological polar surface area (TPSA) is 43.4 Å². The molecule has 0 saturated heterocycles. The summed E-state index contributed by atoms with van der Waals surface area (Å²) in [7, 11) is 0. The van der Waals surface area contributed by atoms with Gasteiger partial charge in [0.15, 0.2) is 0 Å². The van der Waals surface area contributed by atoms with E-state index in [4.69, 9.17) is 0 Å². The van der Waals surface area contributed by atoms with Gasteiger partial charge in [0.25, 0.3) is 0 Å². The minimum atomic E-state index is -4.60. The fourth-order valence-electron chi connectivity index (χ4n) is 1.32. The van der Waals surface area contributed by atoms with E-state index in [1.54, 1.807) is 0 Å². The molecule has 0 aliphatic carbocycles. The Hall–Kier alpha value is -1.37. The number of carbonyl (C=O) groups excluding carboxylic acids is 2. The van der Waals surface area contributed by atoms with Gasteiger partial charge in [-0.1, -0.05) is 15.9 Å². The molecular formula is C9H2BrF3O3. The van der Waals surface area contributed by atoms with E-state index < -0.39 is 23.7 Å². The van der Waals surface area contributed by atoms with E-state index in [2.05, 4.69) is 20.7 Å². The summed E-state index contributed by atoms with van der Waals surface area (Å²) >= 11 is 2.69. The third-order valence-corrected chi connectivity index (χ3v) is 2.69. The van der Waals surface area contributed by atoms with Gasteiger partial charge in [-0.15, -0.1) is 0 Å². The van der Waals surface area contributed by atoms with Crippen LogP contribution in [0.25, 0.3) is 0 Å². The number of benzene rings is 1. The van der Waals surface area contributed by atoms with E-state index in [1.807, 2.05) is 0 Å². The number of halogens is 4. The van der Waals surface area contributed by atoms with Crippen LogP contribution in [0.3, 0.4) is 0 Å². The summed E-state index contributed by atoms with van der Waals surface area (Å²) in [4.78, 5) is 22.1. The molecule has 0 N–H and O–H groups in total. The molecule has 0 saturated carbocycles. The fraction of sp³-hybridized carbons (Fsp3) is 0.111. The van der Waals surface area contributed by atoms with Crippen LogP contribution in [0, 0.1) is 0 Å². The lowest BCUT2D eigenvalue weighted by molar-refractivity contribution is -0.138. The third-order valence-electron chi connectivity index (χ3n) is 2.04. The second kappa shape index (κ2) is 3.31. The highest BCUT2D eigenvalue weighted by atomic mass is 79.9. The molecule has 0 aromatic heterocycles. The number of alkyl halides is 3. The van der Waals surface area contributed by atoms with Gasteiger partial charge in [0.2, 0.25) is 0 Å². The van der Waals surface area contributed by atoms with E-state index >= 15 is 0 Å². The number of hydrogen-bond donors (Lipinski definition) is 0. The van der Waals surface area contributed by atoms with Gasteiger partial charge in [-0.3, -0.25) is 0 Å². The number of cyclic esters (lactones) is 2. The van der Waals surface area contributed by atoms with Gasteiger partial charge in [-0.05, 0) is 12.1 Å². The van der Waals surface area contributed by atoms with Gasteiger partial charge in [-0.25, -0.2) is 9.59 Å². The summed E-state index contributed by atoms with van der Waals surface area (Å²) in [5.41, 5.74) is -1.54. The molecule has 2 rings (SSSR count). The molecular weight excluding hydrogens is 293 g/mol. The average molecular weight is 295 g/mol. The number of rotatable bonds is 0. The molecule has 0 spiro atoms. The normalized spacial score (nSPS) is 15.0. The van der Waals surface area contributed by atoms with Crippen molar-refractivity contribution in [2.75, 3.05) is 0 Å². The summed E-state index contributed by atoms with van der Waals surface area (Å²) in [6.45, 7) is 0. The Morgan fingerprint density at radius 1 is 1.06 bits per heavy atom. The summed E-state index contributed by atoms with van der Waals surface area (Å²) in [5.74, 6) is -1.99. The highest BCUT2D eigenvalue weighted by Gasteiger charge is 2.38. The van der Waals surface area contributed by atoms with Crippen LogP contribution in [-0.4, -0.2) is 11.9 Å². The highest BCUT2D eigenvalue weighted by molar-refractivity contribution is 9.10. The first-order valence-corrected chi connectivity index (χ1v) is 4.77. The zero-order chi connectivity index (χ0) is 12.1. The monoisotopic (exact) mass is 294 g/mol. The molecule has 1 aliphatic heterocycles. The lowest BCUT2D eigenvalue weighted by Crippen LogP contribution is -2.08. The molecule has 0 bridgehead atoms. The van der Waals surface area contributed by atoms with Gasteiger partial charge < -0.3 is 4.74 Å². The molecule has 16 heavy (non-hydrogen) atoms. The molecule has 0 amide bonds. The lowest BCUT2D eigenvalue weighted by Gasteiger charge is -2.09. The maximum absolute atomic E-state index is 12.5. The summed E-state index contributed by atoms with van der Waals surface area (Å²) < 4.78 is 41.3. The number of hydrogen-bond acceptors (Lipinski definition) is 3. The van der Waals surface area contributed by atoms with Gasteiger partial charge >= 0.3 is 18.1 Å². The quantitative estimate of drug-likeness (QED) is 0.546. The molecule has 0 radical (unpaired) electrons. The van der Waals surface area contributed by atoms with Crippen LogP contribution in [0.1, 0.15) is 26.3 Å². The van der Waals surface area contributed by atoms with Crippen LogP contribution < -0.4 is 0 Å². The molecule has 3 nitrogen and oxygen atoms in total. The van der Waals surface area contributed by atoms with Gasteiger partial charge in [0.1, 0.15) is 0 Å². The van der Waals surface area contributed by atoms with Crippen LogP contribution in [0.4, 0.5) is 13.2 Å². The second-order valence-corrected chi connectivity index (χ2v) is 3.91. The van der Waals surface area contributed by atoms with Crippen LogP contribution in [0.15, 0.2) is 16.6 Å². The lowest BCUT2D eigenvalue weighted by atomic mass is 10.1. The molecule has 1 aromatic carbocycles. The SMILES string of the molecule is O=C1OC(=O)c2cc(C(F)(F)F)c(Br)cc21. The van der Waals surface area contributed by atoms with Crippen molar-refractivity contribution < 1.29 is 27.5 Å². The Kier molecular flexibility index (Phi) is 2.30. The highest BCUT2D eigenvalue weighted by Crippen LogP contribution is 2.37. The van der Waals surface area contributed by atoms with Crippen molar-refractivity contribution in [2.24, 2.45) is 0 Å². The molecule has 84 valence electrons. The molecule has 0 fully saturated rings. The third kappa shape index (κ3) is 1.60. The second-order valence-electron chi connectivity index (χ2n) is 3.05. The van der Waals surface area contributed by atoms with E-state index in [0.717, 1.165) is 6.07 Å². The smallest absolute Gasteiger partial charge is 0.386 e. The largest absolute Gasteiger partial charge is 0.417 e. The Morgan fingerprint density at radius 3 is 2.06 bits per heavy atom. The number of fused-ring (bicyclic) bond motifs is 1. The number of carbonyl (C=O) groups is 2.